The van der Waals surface area contributed by atoms with E-state index in [0.717, 1.165) is 19.4 Å². The maximum Gasteiger partial charge on any atom is 0.319 e. The fourth-order valence-electron chi connectivity index (χ4n) is 2.19. The molecule has 0 unspecified atom stereocenters. The Morgan fingerprint density at radius 3 is 1.90 bits per heavy atom. The van der Waals surface area contributed by atoms with Crippen molar-refractivity contribution in [1.29, 1.82) is 0 Å². The van der Waals surface area contributed by atoms with Gasteiger partial charge in [0.15, 0.2) is 0 Å². The first-order chi connectivity index (χ1) is 9.81. The minimum atomic E-state index is -0.126. The third kappa shape index (κ3) is 15.5. The van der Waals surface area contributed by atoms with Crippen LogP contribution in [0.2, 0.25) is 0 Å². The highest BCUT2D eigenvalue weighted by Crippen LogP contribution is 2.10. The number of ether oxygens (including phenoxy) is 1. The van der Waals surface area contributed by atoms with E-state index in [1.807, 2.05) is 6.92 Å². The van der Waals surface area contributed by atoms with Crippen molar-refractivity contribution in [3.63, 3.8) is 0 Å². The smallest absolute Gasteiger partial charge is 0.319 e. The highest BCUT2D eigenvalue weighted by Gasteiger charge is 2.00. The third-order valence-electron chi connectivity index (χ3n) is 3.44. The summed E-state index contributed by atoms with van der Waals surface area (Å²) in [5, 5.41) is 3.14. The molecule has 0 aromatic carbocycles. The second kappa shape index (κ2) is 16.5. The van der Waals surface area contributed by atoms with Gasteiger partial charge in [-0.2, -0.15) is 0 Å². The molecule has 0 heterocycles. The molecular weight excluding hydrogens is 250 g/mol. The van der Waals surface area contributed by atoms with Gasteiger partial charge in [-0.3, -0.25) is 4.79 Å². The molecule has 0 amide bonds. The summed E-state index contributed by atoms with van der Waals surface area (Å²) in [4.78, 5) is 11.2. The zero-order chi connectivity index (χ0) is 14.9. The second-order valence-corrected chi connectivity index (χ2v) is 5.58. The summed E-state index contributed by atoms with van der Waals surface area (Å²) >= 11 is 0. The number of nitrogens with one attached hydrogen (secondary N) is 1. The molecule has 0 aliphatic heterocycles. The summed E-state index contributed by atoms with van der Waals surface area (Å²) in [5.41, 5.74) is 0. The van der Waals surface area contributed by atoms with E-state index in [1.54, 1.807) is 0 Å². The molecule has 0 aromatic rings. The van der Waals surface area contributed by atoms with Gasteiger partial charge in [0, 0.05) is 0 Å². The Balaban J connectivity index is 3.04. The predicted octanol–water partition coefficient (Wildman–Crippen LogP) is 4.45. The lowest BCUT2D eigenvalue weighted by Gasteiger charge is -2.05. The molecular formula is C17H35NO2. The summed E-state index contributed by atoms with van der Waals surface area (Å²) < 4.78 is 4.99. The highest BCUT2D eigenvalue weighted by atomic mass is 16.5. The van der Waals surface area contributed by atoms with E-state index in [2.05, 4.69) is 12.2 Å². The molecule has 0 radical (unpaired) electrons. The molecule has 0 atom stereocenters. The zero-order valence-electron chi connectivity index (χ0n) is 13.7. The predicted molar refractivity (Wildman–Crippen MR) is 86.0 cm³/mol. The van der Waals surface area contributed by atoms with Crippen molar-refractivity contribution in [3.8, 4) is 0 Å². The molecule has 0 saturated heterocycles. The fraction of sp³-hybridized carbons (Fsp3) is 0.941. The third-order valence-corrected chi connectivity index (χ3v) is 3.44. The van der Waals surface area contributed by atoms with E-state index in [9.17, 15) is 4.79 Å². The molecule has 0 saturated carbocycles. The van der Waals surface area contributed by atoms with Crippen molar-refractivity contribution < 1.29 is 9.53 Å². The van der Waals surface area contributed by atoms with Crippen molar-refractivity contribution in [3.05, 3.63) is 0 Å². The van der Waals surface area contributed by atoms with Crippen LogP contribution < -0.4 is 5.32 Å². The van der Waals surface area contributed by atoms with Crippen LogP contribution in [0.4, 0.5) is 0 Å². The van der Waals surface area contributed by atoms with Crippen LogP contribution in [0.25, 0.3) is 0 Å². The van der Waals surface area contributed by atoms with Gasteiger partial charge in [0.05, 0.1) is 13.2 Å². The fourth-order valence-corrected chi connectivity index (χ4v) is 2.19. The molecule has 0 fully saturated rings. The molecule has 3 heteroatoms. The SMILES string of the molecule is CCCCCCCCCCCCNCC(=O)OCCC. The van der Waals surface area contributed by atoms with Gasteiger partial charge >= 0.3 is 5.97 Å². The molecule has 0 aliphatic carbocycles. The summed E-state index contributed by atoms with van der Waals surface area (Å²) in [6.45, 7) is 6.09. The van der Waals surface area contributed by atoms with Crippen LogP contribution in [-0.2, 0) is 9.53 Å². The van der Waals surface area contributed by atoms with Crippen LogP contribution in [-0.4, -0.2) is 25.7 Å². The summed E-state index contributed by atoms with van der Waals surface area (Å²) in [7, 11) is 0. The lowest BCUT2D eigenvalue weighted by atomic mass is 10.1. The lowest BCUT2D eigenvalue weighted by molar-refractivity contribution is -0.142. The first kappa shape index (κ1) is 19.4. The Kier molecular flexibility index (Phi) is 16.0. The van der Waals surface area contributed by atoms with Gasteiger partial charge in [0.2, 0.25) is 0 Å². The normalized spacial score (nSPS) is 10.7. The van der Waals surface area contributed by atoms with Crippen molar-refractivity contribution in [2.45, 2.75) is 84.5 Å². The van der Waals surface area contributed by atoms with Crippen LogP contribution in [0.15, 0.2) is 0 Å². The maximum absolute atomic E-state index is 11.2. The Labute approximate surface area is 125 Å². The number of hydrogen-bond acceptors (Lipinski definition) is 3. The highest BCUT2D eigenvalue weighted by molar-refractivity contribution is 5.71. The standard InChI is InChI=1S/C17H35NO2/c1-3-5-6-7-8-9-10-11-12-13-14-18-16-17(19)20-15-4-2/h18H,3-16H2,1-2H3. The first-order valence-corrected chi connectivity index (χ1v) is 8.67. The first-order valence-electron chi connectivity index (χ1n) is 8.67. The van der Waals surface area contributed by atoms with E-state index < -0.39 is 0 Å². The van der Waals surface area contributed by atoms with Crippen LogP contribution in [0.5, 0.6) is 0 Å². The molecule has 0 rings (SSSR count). The molecule has 120 valence electrons. The number of hydrogen-bond donors (Lipinski definition) is 1. The Morgan fingerprint density at radius 2 is 1.35 bits per heavy atom. The molecule has 3 nitrogen and oxygen atoms in total. The molecule has 0 aromatic heterocycles. The van der Waals surface area contributed by atoms with Gasteiger partial charge < -0.3 is 10.1 Å². The van der Waals surface area contributed by atoms with Gasteiger partial charge in [-0.15, -0.1) is 0 Å². The van der Waals surface area contributed by atoms with Crippen LogP contribution >= 0.6 is 0 Å². The minimum Gasteiger partial charge on any atom is -0.465 e. The average molecular weight is 285 g/mol. The van der Waals surface area contributed by atoms with E-state index in [4.69, 9.17) is 4.74 Å². The van der Waals surface area contributed by atoms with Crippen LogP contribution in [0.1, 0.15) is 84.5 Å². The molecule has 0 aliphatic rings. The monoisotopic (exact) mass is 285 g/mol. The van der Waals surface area contributed by atoms with Crippen LogP contribution in [0, 0.1) is 0 Å². The number of unbranched alkanes of at least 4 members (excludes halogenated alkanes) is 9. The quantitative estimate of drug-likeness (QED) is 0.357. The molecule has 0 bridgehead atoms. The van der Waals surface area contributed by atoms with Gasteiger partial charge in [-0.25, -0.2) is 0 Å². The Bertz CT molecular complexity index is 207. The zero-order valence-corrected chi connectivity index (χ0v) is 13.7. The topological polar surface area (TPSA) is 38.3 Å². The largest absolute Gasteiger partial charge is 0.465 e. The van der Waals surface area contributed by atoms with Crippen molar-refractivity contribution in [2.24, 2.45) is 0 Å². The minimum absolute atomic E-state index is 0.126. The van der Waals surface area contributed by atoms with Crippen molar-refractivity contribution >= 4 is 5.97 Å². The van der Waals surface area contributed by atoms with E-state index in [0.29, 0.717) is 13.2 Å². The molecule has 0 spiro atoms. The average Bonchev–Trinajstić information content (AvgIpc) is 2.46. The molecule has 20 heavy (non-hydrogen) atoms. The maximum atomic E-state index is 11.2. The van der Waals surface area contributed by atoms with E-state index in [1.165, 1.54) is 57.8 Å². The van der Waals surface area contributed by atoms with Gasteiger partial charge in [-0.1, -0.05) is 71.6 Å². The van der Waals surface area contributed by atoms with E-state index >= 15 is 0 Å². The van der Waals surface area contributed by atoms with Gasteiger partial charge in [0.25, 0.3) is 0 Å². The van der Waals surface area contributed by atoms with Gasteiger partial charge in [0.1, 0.15) is 0 Å². The number of esters is 1. The Hall–Kier alpha value is -0.570. The summed E-state index contributed by atoms with van der Waals surface area (Å²) in [6, 6.07) is 0. The van der Waals surface area contributed by atoms with Gasteiger partial charge in [-0.05, 0) is 19.4 Å². The van der Waals surface area contributed by atoms with Crippen molar-refractivity contribution in [1.82, 2.24) is 5.32 Å². The number of carbonyl (C=O) groups is 1. The summed E-state index contributed by atoms with van der Waals surface area (Å²) in [6.07, 6.45) is 14.4. The van der Waals surface area contributed by atoms with E-state index in [-0.39, 0.29) is 5.97 Å². The molecule has 1 N–H and O–H groups in total. The Morgan fingerprint density at radius 1 is 0.800 bits per heavy atom. The number of rotatable bonds is 15. The van der Waals surface area contributed by atoms with Crippen LogP contribution in [0.3, 0.4) is 0 Å². The number of carbonyl (C=O) groups excluding carboxylic acids is 1. The lowest BCUT2D eigenvalue weighted by Crippen LogP contribution is -2.25. The summed E-state index contributed by atoms with van der Waals surface area (Å²) in [5.74, 6) is -0.126. The second-order valence-electron chi connectivity index (χ2n) is 5.58. The van der Waals surface area contributed by atoms with Crippen molar-refractivity contribution in [2.75, 3.05) is 19.7 Å².